The van der Waals surface area contributed by atoms with Crippen molar-refractivity contribution in [1.82, 2.24) is 0 Å². The van der Waals surface area contributed by atoms with Gasteiger partial charge in [-0.25, -0.2) is 0 Å². The fourth-order valence-electron chi connectivity index (χ4n) is 2.34. The van der Waals surface area contributed by atoms with E-state index in [-0.39, 0.29) is 24.1 Å². The zero-order valence-electron chi connectivity index (χ0n) is 11.4. The number of hydrogen-bond donors (Lipinski definition) is 0. The van der Waals surface area contributed by atoms with E-state index >= 15 is 0 Å². The number of ketones is 1. The first-order valence-electron chi connectivity index (χ1n) is 6.58. The van der Waals surface area contributed by atoms with Crippen LogP contribution in [0, 0.1) is 5.92 Å². The molecule has 0 amide bonds. The van der Waals surface area contributed by atoms with Crippen LogP contribution in [0.4, 0.5) is 0 Å². The SMILES string of the molecule is COC(=O)CC1Cc2cc(OCCCBr)ccc2C1=O. The molecule has 5 heteroatoms. The Morgan fingerprint density at radius 3 is 2.95 bits per heavy atom. The van der Waals surface area contributed by atoms with Crippen LogP contribution in [-0.4, -0.2) is 30.8 Å². The van der Waals surface area contributed by atoms with Gasteiger partial charge in [-0.05, 0) is 36.6 Å². The number of Topliss-reactive ketones (excluding diaryl/α,β-unsaturated/α-hetero) is 1. The summed E-state index contributed by atoms with van der Waals surface area (Å²) in [5, 5.41) is 0.900. The minimum Gasteiger partial charge on any atom is -0.494 e. The van der Waals surface area contributed by atoms with Crippen molar-refractivity contribution < 1.29 is 19.1 Å². The summed E-state index contributed by atoms with van der Waals surface area (Å²) in [7, 11) is 1.34. The Labute approximate surface area is 126 Å². The molecule has 0 saturated heterocycles. The number of benzene rings is 1. The number of halogens is 1. The highest BCUT2D eigenvalue weighted by Crippen LogP contribution is 2.31. The van der Waals surface area contributed by atoms with Gasteiger partial charge in [0.05, 0.1) is 20.1 Å². The lowest BCUT2D eigenvalue weighted by atomic mass is 10.0. The van der Waals surface area contributed by atoms with Crippen LogP contribution < -0.4 is 4.74 Å². The van der Waals surface area contributed by atoms with Crippen molar-refractivity contribution in [2.24, 2.45) is 5.92 Å². The average molecular weight is 341 g/mol. The van der Waals surface area contributed by atoms with E-state index in [1.165, 1.54) is 7.11 Å². The first kappa shape index (κ1) is 15.0. The molecule has 0 heterocycles. The molecule has 0 aromatic heterocycles. The Kier molecular flexibility index (Phi) is 5.17. The molecule has 0 N–H and O–H groups in total. The highest BCUT2D eigenvalue weighted by Gasteiger charge is 2.32. The van der Waals surface area contributed by atoms with Crippen LogP contribution >= 0.6 is 15.9 Å². The zero-order chi connectivity index (χ0) is 14.5. The predicted octanol–water partition coefficient (Wildman–Crippen LogP) is 2.77. The summed E-state index contributed by atoms with van der Waals surface area (Å²) in [4.78, 5) is 23.5. The first-order valence-corrected chi connectivity index (χ1v) is 7.70. The van der Waals surface area contributed by atoms with Crippen molar-refractivity contribution in [3.05, 3.63) is 29.3 Å². The number of carbonyl (C=O) groups excluding carboxylic acids is 2. The molecule has 2 rings (SSSR count). The molecule has 1 aromatic carbocycles. The highest BCUT2D eigenvalue weighted by atomic mass is 79.9. The lowest BCUT2D eigenvalue weighted by molar-refractivity contribution is -0.141. The average Bonchev–Trinajstić information content (AvgIpc) is 2.75. The van der Waals surface area contributed by atoms with Gasteiger partial charge in [-0.15, -0.1) is 0 Å². The van der Waals surface area contributed by atoms with Crippen LogP contribution in [0.25, 0.3) is 0 Å². The molecule has 1 aliphatic carbocycles. The summed E-state index contributed by atoms with van der Waals surface area (Å²) in [5.74, 6) is 0.161. The first-order chi connectivity index (χ1) is 9.65. The van der Waals surface area contributed by atoms with E-state index in [2.05, 4.69) is 20.7 Å². The molecule has 0 fully saturated rings. The number of rotatable bonds is 6. The van der Waals surface area contributed by atoms with E-state index in [1.54, 1.807) is 6.07 Å². The second-order valence-corrected chi connectivity index (χ2v) is 5.55. The predicted molar refractivity (Wildman–Crippen MR) is 78.5 cm³/mol. The molecule has 4 nitrogen and oxygen atoms in total. The monoisotopic (exact) mass is 340 g/mol. The topological polar surface area (TPSA) is 52.6 Å². The fourth-order valence-corrected chi connectivity index (χ4v) is 2.57. The Morgan fingerprint density at radius 1 is 1.45 bits per heavy atom. The number of alkyl halides is 1. The molecule has 108 valence electrons. The number of fused-ring (bicyclic) bond motifs is 1. The van der Waals surface area contributed by atoms with E-state index in [0.717, 1.165) is 23.1 Å². The normalized spacial score (nSPS) is 16.9. The standard InChI is InChI=1S/C15H17BrO4/c1-19-14(17)9-11-7-10-8-12(20-6-2-5-16)3-4-13(10)15(11)18/h3-4,8,11H,2,5-7,9H2,1H3. The largest absolute Gasteiger partial charge is 0.494 e. The maximum absolute atomic E-state index is 12.2. The zero-order valence-corrected chi connectivity index (χ0v) is 12.9. The molecule has 0 aliphatic heterocycles. The van der Waals surface area contributed by atoms with Crippen LogP contribution in [0.3, 0.4) is 0 Å². The van der Waals surface area contributed by atoms with Crippen LogP contribution in [0.5, 0.6) is 5.75 Å². The maximum Gasteiger partial charge on any atom is 0.306 e. The van der Waals surface area contributed by atoms with E-state index in [0.29, 0.717) is 18.6 Å². The number of esters is 1. The maximum atomic E-state index is 12.2. The van der Waals surface area contributed by atoms with Crippen molar-refractivity contribution in [3.63, 3.8) is 0 Å². The van der Waals surface area contributed by atoms with Crippen LogP contribution in [-0.2, 0) is 16.0 Å². The van der Waals surface area contributed by atoms with Gasteiger partial charge in [0.25, 0.3) is 0 Å². The number of carbonyl (C=O) groups is 2. The Morgan fingerprint density at radius 2 is 2.25 bits per heavy atom. The second-order valence-electron chi connectivity index (χ2n) is 4.76. The highest BCUT2D eigenvalue weighted by molar-refractivity contribution is 9.09. The van der Waals surface area contributed by atoms with Crippen molar-refractivity contribution in [3.8, 4) is 5.75 Å². The quantitative estimate of drug-likeness (QED) is 0.454. The van der Waals surface area contributed by atoms with Crippen molar-refractivity contribution in [2.75, 3.05) is 19.0 Å². The van der Waals surface area contributed by atoms with E-state index in [1.807, 2.05) is 12.1 Å². The van der Waals surface area contributed by atoms with Crippen LogP contribution in [0.1, 0.15) is 28.8 Å². The van der Waals surface area contributed by atoms with Gasteiger partial charge in [-0.3, -0.25) is 9.59 Å². The number of methoxy groups -OCH3 is 1. The fraction of sp³-hybridized carbons (Fsp3) is 0.467. The third kappa shape index (κ3) is 3.39. The summed E-state index contributed by atoms with van der Waals surface area (Å²) in [6.07, 6.45) is 1.66. The molecule has 0 saturated carbocycles. The molecule has 1 aromatic rings. The van der Waals surface area contributed by atoms with E-state index < -0.39 is 0 Å². The lowest BCUT2D eigenvalue weighted by Crippen LogP contribution is -2.15. The lowest BCUT2D eigenvalue weighted by Gasteiger charge is -2.06. The van der Waals surface area contributed by atoms with Gasteiger partial charge in [0.2, 0.25) is 0 Å². The molecule has 1 unspecified atom stereocenters. The van der Waals surface area contributed by atoms with Gasteiger partial charge in [-0.1, -0.05) is 15.9 Å². The molecule has 0 radical (unpaired) electrons. The van der Waals surface area contributed by atoms with Gasteiger partial charge in [0.1, 0.15) is 5.75 Å². The van der Waals surface area contributed by atoms with E-state index in [4.69, 9.17) is 4.74 Å². The molecule has 0 bridgehead atoms. The molecule has 1 aliphatic rings. The van der Waals surface area contributed by atoms with E-state index in [9.17, 15) is 9.59 Å². The van der Waals surface area contributed by atoms with Gasteiger partial charge < -0.3 is 9.47 Å². The van der Waals surface area contributed by atoms with Crippen LogP contribution in [0.2, 0.25) is 0 Å². The Balaban J connectivity index is 2.05. The third-order valence-corrected chi connectivity index (χ3v) is 3.93. The van der Waals surface area contributed by atoms with Gasteiger partial charge in [0, 0.05) is 16.8 Å². The summed E-state index contributed by atoms with van der Waals surface area (Å²) in [6, 6.07) is 5.50. The van der Waals surface area contributed by atoms with Crippen molar-refractivity contribution in [1.29, 1.82) is 0 Å². The summed E-state index contributed by atoms with van der Waals surface area (Å²) < 4.78 is 10.2. The molecule has 0 spiro atoms. The van der Waals surface area contributed by atoms with Crippen molar-refractivity contribution in [2.45, 2.75) is 19.3 Å². The number of hydrogen-bond acceptors (Lipinski definition) is 4. The van der Waals surface area contributed by atoms with Gasteiger partial charge >= 0.3 is 5.97 Å². The molecular formula is C15H17BrO4. The van der Waals surface area contributed by atoms with Gasteiger partial charge in [-0.2, -0.15) is 0 Å². The van der Waals surface area contributed by atoms with Crippen LogP contribution in [0.15, 0.2) is 18.2 Å². The smallest absolute Gasteiger partial charge is 0.306 e. The summed E-state index contributed by atoms with van der Waals surface area (Å²) >= 11 is 3.35. The van der Waals surface area contributed by atoms with Gasteiger partial charge in [0.15, 0.2) is 5.78 Å². The Bertz CT molecular complexity index is 513. The van der Waals surface area contributed by atoms with Crippen molar-refractivity contribution >= 4 is 27.7 Å². The third-order valence-electron chi connectivity index (χ3n) is 3.37. The minimum absolute atomic E-state index is 0.0254. The summed E-state index contributed by atoms with van der Waals surface area (Å²) in [5.41, 5.74) is 1.66. The number of ether oxygens (including phenoxy) is 2. The summed E-state index contributed by atoms with van der Waals surface area (Å²) in [6.45, 7) is 0.642. The second kappa shape index (κ2) is 6.88. The molecule has 1 atom stereocenters. The Hall–Kier alpha value is -1.36. The molecule has 20 heavy (non-hydrogen) atoms. The minimum atomic E-state index is -0.343. The molecular weight excluding hydrogens is 324 g/mol.